The Bertz CT molecular complexity index is 475. The fourth-order valence-electron chi connectivity index (χ4n) is 2.68. The van der Waals surface area contributed by atoms with E-state index in [1.165, 1.54) is 13.2 Å². The molecule has 0 aromatic heterocycles. The van der Waals surface area contributed by atoms with E-state index in [9.17, 15) is 9.18 Å². The zero-order valence-corrected chi connectivity index (χ0v) is 12.3. The molecule has 1 saturated carbocycles. The number of carbonyl (C=O) groups excluding carboxylic acids is 1. The lowest BCUT2D eigenvalue weighted by Crippen LogP contribution is -2.37. The van der Waals surface area contributed by atoms with Gasteiger partial charge in [0.05, 0.1) is 13.7 Å². The summed E-state index contributed by atoms with van der Waals surface area (Å²) in [6.45, 7) is 0.603. The highest BCUT2D eigenvalue weighted by atomic mass is 35.5. The lowest BCUT2D eigenvalue weighted by atomic mass is 10.1. The molecule has 0 bridgehead atoms. The first-order valence-corrected chi connectivity index (χ1v) is 7.22. The Hall–Kier alpha value is -1.13. The largest absolute Gasteiger partial charge is 0.468 e. The monoisotopic (exact) mass is 299 g/mol. The molecule has 0 heterocycles. The van der Waals surface area contributed by atoms with Gasteiger partial charge in [-0.1, -0.05) is 30.5 Å². The van der Waals surface area contributed by atoms with Crippen molar-refractivity contribution >= 4 is 17.6 Å². The minimum Gasteiger partial charge on any atom is -0.468 e. The van der Waals surface area contributed by atoms with Crippen LogP contribution in [-0.2, 0) is 16.1 Å². The van der Waals surface area contributed by atoms with Gasteiger partial charge in [0.15, 0.2) is 0 Å². The first-order chi connectivity index (χ1) is 9.60. The van der Waals surface area contributed by atoms with Crippen LogP contribution in [0.25, 0.3) is 0 Å². The zero-order valence-electron chi connectivity index (χ0n) is 11.6. The molecule has 1 fully saturated rings. The minimum atomic E-state index is -0.328. The third kappa shape index (κ3) is 3.93. The van der Waals surface area contributed by atoms with Gasteiger partial charge in [0.1, 0.15) is 5.82 Å². The Morgan fingerprint density at radius 1 is 1.45 bits per heavy atom. The van der Waals surface area contributed by atoms with Gasteiger partial charge in [-0.3, -0.25) is 9.69 Å². The molecule has 0 radical (unpaired) electrons. The molecular formula is C15H19ClFNO2. The molecule has 0 unspecified atom stereocenters. The standard InChI is InChI=1S/C15H19ClFNO2/c1-20-15(19)10-18(13-4-2-3-5-13)9-11-6-7-12(16)8-14(11)17/h6-8,13H,2-5,9-10H2,1H3. The van der Waals surface area contributed by atoms with E-state index in [4.69, 9.17) is 16.3 Å². The maximum absolute atomic E-state index is 13.9. The maximum atomic E-state index is 13.9. The second kappa shape index (κ2) is 7.04. The van der Waals surface area contributed by atoms with Gasteiger partial charge in [0, 0.05) is 23.2 Å². The fourth-order valence-corrected chi connectivity index (χ4v) is 2.84. The fraction of sp³-hybridized carbons (Fsp3) is 0.533. The van der Waals surface area contributed by atoms with E-state index in [1.54, 1.807) is 12.1 Å². The number of ether oxygens (including phenoxy) is 1. The summed E-state index contributed by atoms with van der Waals surface area (Å²) in [5.41, 5.74) is 0.560. The number of hydrogen-bond donors (Lipinski definition) is 0. The highest BCUT2D eigenvalue weighted by Crippen LogP contribution is 2.26. The molecule has 20 heavy (non-hydrogen) atoms. The Morgan fingerprint density at radius 2 is 2.15 bits per heavy atom. The van der Waals surface area contributed by atoms with Crippen molar-refractivity contribution in [1.29, 1.82) is 0 Å². The summed E-state index contributed by atoms with van der Waals surface area (Å²) < 4.78 is 18.6. The van der Waals surface area contributed by atoms with Crippen LogP contribution in [0, 0.1) is 5.82 Å². The molecule has 1 aromatic rings. The normalized spacial score (nSPS) is 15.8. The summed E-state index contributed by atoms with van der Waals surface area (Å²) in [5.74, 6) is -0.614. The molecule has 0 spiro atoms. The van der Waals surface area contributed by atoms with E-state index in [1.807, 2.05) is 4.90 Å². The van der Waals surface area contributed by atoms with Crippen molar-refractivity contribution in [3.8, 4) is 0 Å². The average molecular weight is 300 g/mol. The highest BCUT2D eigenvalue weighted by Gasteiger charge is 2.25. The van der Waals surface area contributed by atoms with Crippen LogP contribution in [0.2, 0.25) is 5.02 Å². The van der Waals surface area contributed by atoms with Crippen LogP contribution in [0.3, 0.4) is 0 Å². The van der Waals surface area contributed by atoms with Crippen molar-refractivity contribution in [2.24, 2.45) is 0 Å². The summed E-state index contributed by atoms with van der Waals surface area (Å²) in [5, 5.41) is 0.381. The molecule has 1 aliphatic rings. The number of nitrogens with zero attached hydrogens (tertiary/aromatic N) is 1. The van der Waals surface area contributed by atoms with Crippen LogP contribution < -0.4 is 0 Å². The number of carbonyl (C=O) groups is 1. The third-order valence-corrected chi connectivity index (χ3v) is 4.02. The Labute approximate surface area is 123 Å². The topological polar surface area (TPSA) is 29.5 Å². The van der Waals surface area contributed by atoms with Crippen LogP contribution in [0.5, 0.6) is 0 Å². The predicted octanol–water partition coefficient (Wildman–Crippen LogP) is 3.40. The number of halogens is 2. The van der Waals surface area contributed by atoms with Gasteiger partial charge < -0.3 is 4.74 Å². The molecule has 5 heteroatoms. The molecule has 3 nitrogen and oxygen atoms in total. The van der Waals surface area contributed by atoms with Crippen molar-refractivity contribution in [1.82, 2.24) is 4.90 Å². The molecule has 1 aromatic carbocycles. The molecule has 110 valence electrons. The molecule has 0 saturated heterocycles. The van der Waals surface area contributed by atoms with Gasteiger partial charge in [-0.05, 0) is 25.0 Å². The van der Waals surface area contributed by atoms with E-state index in [0.29, 0.717) is 23.2 Å². The second-order valence-electron chi connectivity index (χ2n) is 5.16. The van der Waals surface area contributed by atoms with Crippen LogP contribution in [-0.4, -0.2) is 30.6 Å². The summed E-state index contributed by atoms with van der Waals surface area (Å²) in [4.78, 5) is 13.5. The van der Waals surface area contributed by atoms with Crippen LogP contribution in [0.1, 0.15) is 31.2 Å². The van der Waals surface area contributed by atoms with Gasteiger partial charge >= 0.3 is 5.97 Å². The summed E-state index contributed by atoms with van der Waals surface area (Å²) in [6, 6.07) is 4.98. The minimum absolute atomic E-state index is 0.198. The number of methoxy groups -OCH3 is 1. The van der Waals surface area contributed by atoms with E-state index >= 15 is 0 Å². The van der Waals surface area contributed by atoms with Crippen molar-refractivity contribution in [3.63, 3.8) is 0 Å². The lowest BCUT2D eigenvalue weighted by molar-refractivity contribution is -0.142. The van der Waals surface area contributed by atoms with E-state index in [2.05, 4.69) is 0 Å². The summed E-state index contributed by atoms with van der Waals surface area (Å²) >= 11 is 5.76. The summed E-state index contributed by atoms with van der Waals surface area (Å²) in [7, 11) is 1.37. The van der Waals surface area contributed by atoms with Crippen molar-refractivity contribution in [3.05, 3.63) is 34.6 Å². The van der Waals surface area contributed by atoms with Gasteiger partial charge in [0.25, 0.3) is 0 Å². The van der Waals surface area contributed by atoms with Crippen molar-refractivity contribution in [2.75, 3.05) is 13.7 Å². The van der Waals surface area contributed by atoms with Gasteiger partial charge in [-0.2, -0.15) is 0 Å². The Balaban J connectivity index is 2.11. The molecule has 1 aliphatic carbocycles. The average Bonchev–Trinajstić information content (AvgIpc) is 2.94. The number of hydrogen-bond acceptors (Lipinski definition) is 3. The first-order valence-electron chi connectivity index (χ1n) is 6.85. The van der Waals surface area contributed by atoms with Gasteiger partial charge in [-0.25, -0.2) is 4.39 Å². The van der Waals surface area contributed by atoms with Crippen molar-refractivity contribution in [2.45, 2.75) is 38.3 Å². The SMILES string of the molecule is COC(=O)CN(Cc1ccc(Cl)cc1F)C1CCCC1. The smallest absolute Gasteiger partial charge is 0.319 e. The highest BCUT2D eigenvalue weighted by molar-refractivity contribution is 6.30. The van der Waals surface area contributed by atoms with E-state index < -0.39 is 0 Å². The zero-order chi connectivity index (χ0) is 14.5. The number of benzene rings is 1. The first kappa shape index (κ1) is 15.3. The Morgan fingerprint density at radius 3 is 2.75 bits per heavy atom. The quantitative estimate of drug-likeness (QED) is 0.781. The maximum Gasteiger partial charge on any atom is 0.319 e. The van der Waals surface area contributed by atoms with Gasteiger partial charge in [0.2, 0.25) is 0 Å². The summed E-state index contributed by atoms with van der Waals surface area (Å²) in [6.07, 6.45) is 4.41. The third-order valence-electron chi connectivity index (χ3n) is 3.79. The number of rotatable bonds is 5. The second-order valence-corrected chi connectivity index (χ2v) is 5.59. The van der Waals surface area contributed by atoms with Crippen LogP contribution >= 0.6 is 11.6 Å². The molecule has 2 rings (SSSR count). The number of esters is 1. The molecular weight excluding hydrogens is 281 g/mol. The Kier molecular flexibility index (Phi) is 5.38. The molecule has 0 aliphatic heterocycles. The molecule has 0 atom stereocenters. The van der Waals surface area contributed by atoms with E-state index in [0.717, 1.165) is 25.7 Å². The van der Waals surface area contributed by atoms with Crippen LogP contribution in [0.15, 0.2) is 18.2 Å². The molecule has 0 N–H and O–H groups in total. The van der Waals surface area contributed by atoms with Crippen molar-refractivity contribution < 1.29 is 13.9 Å². The van der Waals surface area contributed by atoms with Crippen LogP contribution in [0.4, 0.5) is 4.39 Å². The van der Waals surface area contributed by atoms with E-state index in [-0.39, 0.29) is 18.3 Å². The molecule has 0 amide bonds. The lowest BCUT2D eigenvalue weighted by Gasteiger charge is -2.27. The van der Waals surface area contributed by atoms with Gasteiger partial charge in [-0.15, -0.1) is 0 Å². The predicted molar refractivity (Wildman–Crippen MR) is 76.1 cm³/mol.